The number of furan rings is 1. The van der Waals surface area contributed by atoms with Crippen LogP contribution in [0.5, 0.6) is 0 Å². The van der Waals surface area contributed by atoms with Gasteiger partial charge in [-0.05, 0) is 110 Å². The highest BCUT2D eigenvalue weighted by Gasteiger charge is 2.44. The van der Waals surface area contributed by atoms with Gasteiger partial charge in [0, 0.05) is 75.4 Å². The lowest BCUT2D eigenvalue weighted by Gasteiger charge is -2.42. The number of anilines is 3. The van der Waals surface area contributed by atoms with Crippen molar-refractivity contribution in [1.29, 1.82) is 0 Å². The molecule has 3 nitrogen and oxygen atoms in total. The summed E-state index contributed by atoms with van der Waals surface area (Å²) in [7, 11) is 0. The quantitative estimate of drug-likeness (QED) is 0.160. The number of para-hydroxylation sites is 2. The Morgan fingerprint density at radius 2 is 0.944 bits per heavy atom. The minimum atomic E-state index is -0.0971. The lowest BCUT2D eigenvalue weighted by molar-refractivity contribution is 0.669. The standard InChI is InChI=1S/C66H39BN2OS/c1-5-18-40(19-6-1)44-32-49(42-22-9-3-10-23-42)65(50(33-44)43-24-11-4-12-25-43)69-57-37-52-46-26-13-15-30-60(46)70-61(52)38-55(57)67-54-29-17-28-48-51-36-53-47-27-14-16-31-62(47)71-63(53)39-56(51)68(66(48)54)58-34-45(35-59(69)64(58)67)41-20-7-2-8-21-41/h1-39H. The number of hydrogen-bond donors (Lipinski definition) is 0. The fraction of sp³-hybridized carbons (Fsp3) is 0. The number of nitrogens with zero attached hydrogens (tertiary/aromatic N) is 2. The van der Waals surface area contributed by atoms with E-state index >= 15 is 0 Å². The molecule has 2 aliphatic heterocycles. The lowest BCUT2D eigenvalue weighted by Crippen LogP contribution is -2.60. The van der Waals surface area contributed by atoms with Crippen LogP contribution in [0.25, 0.3) is 114 Å². The third-order valence-corrected chi connectivity index (χ3v) is 16.5. The van der Waals surface area contributed by atoms with Crippen LogP contribution in [-0.2, 0) is 0 Å². The maximum atomic E-state index is 6.85. The second kappa shape index (κ2) is 14.8. The van der Waals surface area contributed by atoms with E-state index < -0.39 is 0 Å². The summed E-state index contributed by atoms with van der Waals surface area (Å²) in [6.45, 7) is -0.0971. The van der Waals surface area contributed by atoms with Gasteiger partial charge < -0.3 is 13.9 Å². The molecule has 0 amide bonds. The molecule has 0 bridgehead atoms. The Kier molecular flexibility index (Phi) is 8.13. The van der Waals surface area contributed by atoms with Crippen LogP contribution in [0.2, 0.25) is 0 Å². The van der Waals surface area contributed by atoms with E-state index in [0.29, 0.717) is 0 Å². The second-order valence-electron chi connectivity index (χ2n) is 19.1. The number of thiophene rings is 1. The number of rotatable bonds is 5. The normalized spacial score (nSPS) is 12.7. The lowest BCUT2D eigenvalue weighted by atomic mass is 9.33. The van der Waals surface area contributed by atoms with Gasteiger partial charge in [0.25, 0.3) is 6.71 Å². The zero-order chi connectivity index (χ0) is 46.3. The van der Waals surface area contributed by atoms with Gasteiger partial charge in [-0.3, -0.25) is 0 Å². The Morgan fingerprint density at radius 3 is 1.65 bits per heavy atom. The Hall–Kier alpha value is -8.90. The molecule has 0 N–H and O–H groups in total. The molecular weight excluding hydrogens is 880 g/mol. The highest BCUT2D eigenvalue weighted by molar-refractivity contribution is 7.25. The van der Waals surface area contributed by atoms with Crippen molar-refractivity contribution in [1.82, 2.24) is 4.57 Å². The van der Waals surface area contributed by atoms with E-state index in [4.69, 9.17) is 4.42 Å². The van der Waals surface area contributed by atoms with Crippen LogP contribution < -0.4 is 21.3 Å². The molecular formula is C66H39BN2OS. The predicted molar refractivity (Wildman–Crippen MR) is 302 cm³/mol. The molecule has 11 aromatic carbocycles. The summed E-state index contributed by atoms with van der Waals surface area (Å²) < 4.78 is 12.1. The largest absolute Gasteiger partial charge is 0.456 e. The first kappa shape index (κ1) is 39.0. The van der Waals surface area contributed by atoms with E-state index in [2.05, 4.69) is 246 Å². The van der Waals surface area contributed by atoms with Crippen LogP contribution >= 0.6 is 11.3 Å². The molecule has 71 heavy (non-hydrogen) atoms. The summed E-state index contributed by atoms with van der Waals surface area (Å²) in [6.07, 6.45) is 0. The molecule has 14 aromatic rings. The van der Waals surface area contributed by atoms with E-state index in [-0.39, 0.29) is 6.71 Å². The van der Waals surface area contributed by atoms with Gasteiger partial charge in [0.2, 0.25) is 0 Å². The van der Waals surface area contributed by atoms with E-state index in [9.17, 15) is 0 Å². The van der Waals surface area contributed by atoms with E-state index in [1.165, 1.54) is 92.0 Å². The van der Waals surface area contributed by atoms with E-state index in [1.54, 1.807) is 0 Å². The molecule has 16 rings (SSSR count). The van der Waals surface area contributed by atoms with Crippen molar-refractivity contribution in [2.24, 2.45) is 0 Å². The van der Waals surface area contributed by atoms with Crippen molar-refractivity contribution >= 4 is 115 Å². The van der Waals surface area contributed by atoms with E-state index in [1.807, 2.05) is 11.3 Å². The zero-order valence-electron chi connectivity index (χ0n) is 38.3. The molecule has 3 aromatic heterocycles. The third kappa shape index (κ3) is 5.61. The molecule has 0 saturated carbocycles. The molecule has 2 aliphatic rings. The molecule has 5 heterocycles. The van der Waals surface area contributed by atoms with Crippen molar-refractivity contribution in [2.75, 3.05) is 4.90 Å². The summed E-state index contributed by atoms with van der Waals surface area (Å²) in [6, 6.07) is 87.7. The monoisotopic (exact) mass is 918 g/mol. The van der Waals surface area contributed by atoms with Crippen LogP contribution in [-0.4, -0.2) is 11.3 Å². The van der Waals surface area contributed by atoms with Gasteiger partial charge in [0.05, 0.1) is 11.2 Å². The van der Waals surface area contributed by atoms with Crippen LogP contribution in [0, 0.1) is 0 Å². The van der Waals surface area contributed by atoms with Crippen molar-refractivity contribution in [3.63, 3.8) is 0 Å². The molecule has 328 valence electrons. The first-order valence-corrected chi connectivity index (χ1v) is 25.3. The zero-order valence-corrected chi connectivity index (χ0v) is 39.1. The summed E-state index contributed by atoms with van der Waals surface area (Å²) in [5.41, 5.74) is 22.0. The molecule has 0 unspecified atom stereocenters. The smallest absolute Gasteiger partial charge is 0.252 e. The Balaban J connectivity index is 1.11. The molecule has 0 radical (unpaired) electrons. The van der Waals surface area contributed by atoms with Gasteiger partial charge in [0.1, 0.15) is 11.2 Å². The fourth-order valence-corrected chi connectivity index (χ4v) is 13.4. The fourth-order valence-electron chi connectivity index (χ4n) is 12.3. The van der Waals surface area contributed by atoms with Crippen molar-refractivity contribution in [3.8, 4) is 50.2 Å². The SMILES string of the molecule is c1ccc(-c2cc(-c3ccccc3)c(N3c4cc5c(cc4B4c6c3cc(-c3ccccc3)cc6-n3c6cc7sc8ccccc8c7cc6c6cccc4c63)oc3ccccc35)c(-c3ccccc3)c2)cc1. The van der Waals surface area contributed by atoms with Crippen molar-refractivity contribution < 1.29 is 4.42 Å². The molecule has 0 spiro atoms. The topological polar surface area (TPSA) is 21.3 Å². The maximum Gasteiger partial charge on any atom is 0.252 e. The summed E-state index contributed by atoms with van der Waals surface area (Å²) in [4.78, 5) is 2.64. The Morgan fingerprint density at radius 1 is 0.352 bits per heavy atom. The van der Waals surface area contributed by atoms with Gasteiger partial charge in [0.15, 0.2) is 0 Å². The molecule has 0 aliphatic carbocycles. The van der Waals surface area contributed by atoms with Crippen molar-refractivity contribution in [3.05, 3.63) is 237 Å². The molecule has 0 atom stereocenters. The highest BCUT2D eigenvalue weighted by atomic mass is 32.1. The number of aromatic nitrogens is 1. The Bertz CT molecular complexity index is 4460. The second-order valence-corrected chi connectivity index (χ2v) is 20.2. The number of hydrogen-bond acceptors (Lipinski definition) is 3. The average Bonchev–Trinajstić information content (AvgIpc) is 4.10. The van der Waals surface area contributed by atoms with Crippen LogP contribution in [0.3, 0.4) is 0 Å². The highest BCUT2D eigenvalue weighted by Crippen LogP contribution is 2.52. The Labute approximate surface area is 413 Å². The van der Waals surface area contributed by atoms with Crippen LogP contribution in [0.15, 0.2) is 241 Å². The third-order valence-electron chi connectivity index (χ3n) is 15.3. The first-order chi connectivity index (χ1) is 35.2. The van der Waals surface area contributed by atoms with Crippen LogP contribution in [0.1, 0.15) is 0 Å². The molecule has 0 fully saturated rings. The first-order valence-electron chi connectivity index (χ1n) is 24.4. The van der Waals surface area contributed by atoms with Gasteiger partial charge in [-0.25, -0.2) is 0 Å². The van der Waals surface area contributed by atoms with Gasteiger partial charge in [-0.1, -0.05) is 176 Å². The summed E-state index contributed by atoms with van der Waals surface area (Å²) in [5.74, 6) is 0. The average molecular weight is 919 g/mol. The maximum absolute atomic E-state index is 6.85. The van der Waals surface area contributed by atoms with Gasteiger partial charge in [-0.15, -0.1) is 11.3 Å². The van der Waals surface area contributed by atoms with Gasteiger partial charge >= 0.3 is 0 Å². The number of benzene rings is 11. The minimum Gasteiger partial charge on any atom is -0.456 e. The number of fused-ring (bicyclic) bond motifs is 13. The summed E-state index contributed by atoms with van der Waals surface area (Å²) in [5, 5.41) is 7.38. The predicted octanol–water partition coefficient (Wildman–Crippen LogP) is 16.3. The van der Waals surface area contributed by atoms with E-state index in [0.717, 1.165) is 55.6 Å². The van der Waals surface area contributed by atoms with Crippen LogP contribution in [0.4, 0.5) is 17.1 Å². The van der Waals surface area contributed by atoms with Gasteiger partial charge in [-0.2, -0.15) is 0 Å². The summed E-state index contributed by atoms with van der Waals surface area (Å²) >= 11 is 1.89. The molecule has 5 heteroatoms. The van der Waals surface area contributed by atoms with Crippen molar-refractivity contribution in [2.45, 2.75) is 0 Å². The molecule has 0 saturated heterocycles. The minimum absolute atomic E-state index is 0.0971.